The molecule has 0 aliphatic carbocycles. The first-order valence-electron chi connectivity index (χ1n) is 4.99. The maximum atomic E-state index is 5.39. The number of nitrogens with zero attached hydrogens (tertiary/aromatic N) is 1. The van der Waals surface area contributed by atoms with Gasteiger partial charge in [-0.3, -0.25) is 4.98 Å². The zero-order chi connectivity index (χ0) is 9.80. The predicted molar refractivity (Wildman–Crippen MR) is 56.5 cm³/mol. The Morgan fingerprint density at radius 1 is 1.50 bits per heavy atom. The summed E-state index contributed by atoms with van der Waals surface area (Å²) < 4.78 is 0. The standard InChI is InChI=1S/C12H14N2/c1-2-10-5-6-12(14-8-10)11-4-3-7-13-9-11/h1,3-4,7,9-10,12,14H,5-6,8H2. The second kappa shape index (κ2) is 4.26. The molecule has 2 heterocycles. The van der Waals surface area contributed by atoms with Crippen LogP contribution in [0.25, 0.3) is 0 Å². The molecular weight excluding hydrogens is 172 g/mol. The van der Waals surface area contributed by atoms with Crippen LogP contribution in [0.15, 0.2) is 24.5 Å². The van der Waals surface area contributed by atoms with Gasteiger partial charge in [0.25, 0.3) is 0 Å². The highest BCUT2D eigenvalue weighted by Gasteiger charge is 2.19. The molecule has 2 nitrogen and oxygen atoms in total. The van der Waals surface area contributed by atoms with Crippen molar-refractivity contribution in [2.24, 2.45) is 5.92 Å². The Morgan fingerprint density at radius 2 is 2.43 bits per heavy atom. The first-order chi connectivity index (χ1) is 6.90. The van der Waals surface area contributed by atoms with Crippen molar-refractivity contribution in [3.63, 3.8) is 0 Å². The van der Waals surface area contributed by atoms with Crippen LogP contribution in [0.2, 0.25) is 0 Å². The Morgan fingerprint density at radius 3 is 3.00 bits per heavy atom. The van der Waals surface area contributed by atoms with Crippen molar-refractivity contribution in [3.8, 4) is 12.3 Å². The normalized spacial score (nSPS) is 26.8. The van der Waals surface area contributed by atoms with Gasteiger partial charge in [-0.2, -0.15) is 0 Å². The van der Waals surface area contributed by atoms with E-state index >= 15 is 0 Å². The molecule has 1 N–H and O–H groups in total. The molecule has 1 aromatic heterocycles. The van der Waals surface area contributed by atoms with E-state index in [0.29, 0.717) is 12.0 Å². The van der Waals surface area contributed by atoms with Gasteiger partial charge in [-0.05, 0) is 24.5 Å². The minimum absolute atomic E-state index is 0.405. The Bertz CT molecular complexity index is 318. The average molecular weight is 186 g/mol. The maximum absolute atomic E-state index is 5.39. The fraction of sp³-hybridized carbons (Fsp3) is 0.417. The molecule has 0 bridgehead atoms. The van der Waals surface area contributed by atoms with E-state index in [4.69, 9.17) is 6.42 Å². The molecule has 1 aliphatic rings. The highest BCUT2D eigenvalue weighted by molar-refractivity contribution is 5.15. The van der Waals surface area contributed by atoms with Crippen LogP contribution < -0.4 is 5.32 Å². The molecule has 1 fully saturated rings. The second-order valence-electron chi connectivity index (χ2n) is 3.69. The van der Waals surface area contributed by atoms with E-state index in [1.54, 1.807) is 6.20 Å². The Balaban J connectivity index is 2.00. The summed E-state index contributed by atoms with van der Waals surface area (Å²) in [5.74, 6) is 3.20. The molecule has 0 spiro atoms. The van der Waals surface area contributed by atoms with Gasteiger partial charge in [0.1, 0.15) is 0 Å². The van der Waals surface area contributed by atoms with Crippen molar-refractivity contribution in [3.05, 3.63) is 30.1 Å². The Hall–Kier alpha value is -1.33. The number of nitrogens with one attached hydrogen (secondary N) is 1. The summed E-state index contributed by atoms with van der Waals surface area (Å²) in [6.45, 7) is 0.927. The number of rotatable bonds is 1. The molecule has 0 amide bonds. The van der Waals surface area contributed by atoms with Crippen LogP contribution in [0.3, 0.4) is 0 Å². The summed E-state index contributed by atoms with van der Waals surface area (Å²) in [5, 5.41) is 3.45. The molecule has 1 aromatic rings. The van der Waals surface area contributed by atoms with E-state index in [1.165, 1.54) is 5.56 Å². The van der Waals surface area contributed by atoms with Crippen LogP contribution in [0.5, 0.6) is 0 Å². The minimum Gasteiger partial charge on any atom is -0.309 e. The lowest BCUT2D eigenvalue weighted by Crippen LogP contribution is -2.32. The van der Waals surface area contributed by atoms with E-state index in [1.807, 2.05) is 12.3 Å². The summed E-state index contributed by atoms with van der Waals surface area (Å²) in [6.07, 6.45) is 11.3. The molecule has 0 aromatic carbocycles. The number of pyridine rings is 1. The smallest absolute Gasteiger partial charge is 0.0336 e. The minimum atomic E-state index is 0.405. The number of aromatic nitrogens is 1. The molecule has 0 radical (unpaired) electrons. The van der Waals surface area contributed by atoms with Gasteiger partial charge in [0.15, 0.2) is 0 Å². The van der Waals surface area contributed by atoms with Crippen molar-refractivity contribution in [2.45, 2.75) is 18.9 Å². The SMILES string of the molecule is C#CC1CCC(c2cccnc2)NC1. The van der Waals surface area contributed by atoms with Gasteiger partial charge < -0.3 is 5.32 Å². The van der Waals surface area contributed by atoms with Crippen LogP contribution in [-0.2, 0) is 0 Å². The monoisotopic (exact) mass is 186 g/mol. The van der Waals surface area contributed by atoms with Crippen molar-refractivity contribution >= 4 is 0 Å². The highest BCUT2D eigenvalue weighted by Crippen LogP contribution is 2.24. The Kier molecular flexibility index (Phi) is 2.81. The van der Waals surface area contributed by atoms with E-state index < -0.39 is 0 Å². The number of piperidine rings is 1. The van der Waals surface area contributed by atoms with Crippen molar-refractivity contribution in [2.75, 3.05) is 6.54 Å². The third kappa shape index (κ3) is 1.94. The van der Waals surface area contributed by atoms with Gasteiger partial charge in [0, 0.05) is 30.9 Å². The molecule has 2 rings (SSSR count). The number of terminal acetylenes is 1. The fourth-order valence-electron chi connectivity index (χ4n) is 1.87. The zero-order valence-electron chi connectivity index (χ0n) is 8.11. The van der Waals surface area contributed by atoms with Crippen molar-refractivity contribution in [1.82, 2.24) is 10.3 Å². The van der Waals surface area contributed by atoms with Gasteiger partial charge >= 0.3 is 0 Å². The lowest BCUT2D eigenvalue weighted by Gasteiger charge is -2.27. The van der Waals surface area contributed by atoms with Crippen molar-refractivity contribution in [1.29, 1.82) is 0 Å². The number of hydrogen-bond donors (Lipinski definition) is 1. The van der Waals surface area contributed by atoms with E-state index in [-0.39, 0.29) is 0 Å². The average Bonchev–Trinajstić information content (AvgIpc) is 2.30. The lowest BCUT2D eigenvalue weighted by atomic mass is 9.92. The van der Waals surface area contributed by atoms with E-state index in [9.17, 15) is 0 Å². The summed E-state index contributed by atoms with van der Waals surface area (Å²) in [5.41, 5.74) is 1.27. The van der Waals surface area contributed by atoms with Gasteiger partial charge in [-0.25, -0.2) is 0 Å². The lowest BCUT2D eigenvalue weighted by molar-refractivity contribution is 0.363. The molecule has 2 atom stereocenters. The predicted octanol–water partition coefficient (Wildman–Crippen LogP) is 1.76. The first kappa shape index (κ1) is 9.23. The van der Waals surface area contributed by atoms with Gasteiger partial charge in [-0.15, -0.1) is 12.3 Å². The highest BCUT2D eigenvalue weighted by atomic mass is 14.9. The number of hydrogen-bond acceptors (Lipinski definition) is 2. The summed E-state index contributed by atoms with van der Waals surface area (Å²) in [6, 6.07) is 4.53. The fourth-order valence-corrected chi connectivity index (χ4v) is 1.87. The van der Waals surface area contributed by atoms with E-state index in [2.05, 4.69) is 22.3 Å². The molecule has 14 heavy (non-hydrogen) atoms. The molecule has 2 unspecified atom stereocenters. The van der Waals surface area contributed by atoms with Crippen LogP contribution >= 0.6 is 0 Å². The molecule has 0 saturated carbocycles. The molecule has 1 saturated heterocycles. The third-order valence-corrected chi connectivity index (χ3v) is 2.74. The third-order valence-electron chi connectivity index (χ3n) is 2.74. The van der Waals surface area contributed by atoms with Crippen LogP contribution in [0.4, 0.5) is 0 Å². The van der Waals surface area contributed by atoms with Crippen molar-refractivity contribution < 1.29 is 0 Å². The molecule has 1 aliphatic heterocycles. The van der Waals surface area contributed by atoms with Gasteiger partial charge in [-0.1, -0.05) is 6.07 Å². The van der Waals surface area contributed by atoms with Gasteiger partial charge in [0.2, 0.25) is 0 Å². The zero-order valence-corrected chi connectivity index (χ0v) is 8.11. The molecular formula is C12H14N2. The quantitative estimate of drug-likeness (QED) is 0.676. The summed E-state index contributed by atoms with van der Waals surface area (Å²) >= 11 is 0. The second-order valence-corrected chi connectivity index (χ2v) is 3.69. The van der Waals surface area contributed by atoms with Crippen LogP contribution in [-0.4, -0.2) is 11.5 Å². The van der Waals surface area contributed by atoms with E-state index in [0.717, 1.165) is 19.4 Å². The molecule has 2 heteroatoms. The summed E-state index contributed by atoms with van der Waals surface area (Å²) in [7, 11) is 0. The Labute approximate surface area is 84.7 Å². The summed E-state index contributed by atoms with van der Waals surface area (Å²) in [4.78, 5) is 4.12. The topological polar surface area (TPSA) is 24.9 Å². The first-order valence-corrected chi connectivity index (χ1v) is 4.99. The van der Waals surface area contributed by atoms with Crippen LogP contribution in [0, 0.1) is 18.3 Å². The largest absolute Gasteiger partial charge is 0.309 e. The van der Waals surface area contributed by atoms with Crippen LogP contribution in [0.1, 0.15) is 24.4 Å². The van der Waals surface area contributed by atoms with Gasteiger partial charge in [0.05, 0.1) is 0 Å². The molecule has 72 valence electrons. The maximum Gasteiger partial charge on any atom is 0.0336 e.